The maximum atomic E-state index is 11.8. The number of carbonyl (C=O) groups is 1. The summed E-state index contributed by atoms with van der Waals surface area (Å²) in [6, 6.07) is 0.302. The normalized spacial score (nSPS) is 26.4. The highest BCUT2D eigenvalue weighted by atomic mass is 32.2. The van der Waals surface area contributed by atoms with E-state index in [2.05, 4.69) is 10.8 Å². The molecule has 2 rings (SSSR count). The lowest BCUT2D eigenvalue weighted by Crippen LogP contribution is -2.34. The third-order valence-electron chi connectivity index (χ3n) is 4.03. The zero-order chi connectivity index (χ0) is 14.9. The van der Waals surface area contributed by atoms with Crippen LogP contribution in [-0.4, -0.2) is 60.8 Å². The molecule has 0 saturated carbocycles. The summed E-state index contributed by atoms with van der Waals surface area (Å²) >= 11 is 1.62. The van der Waals surface area contributed by atoms with E-state index in [-0.39, 0.29) is 5.97 Å². The fraction of sp³-hybridized carbons (Fsp3) is 0.812. The average Bonchev–Trinajstić information content (AvgIpc) is 2.94. The molecular weight excluding hydrogens is 286 g/mol. The van der Waals surface area contributed by atoms with Gasteiger partial charge in [-0.1, -0.05) is 5.92 Å². The molecule has 2 fully saturated rings. The predicted molar refractivity (Wildman–Crippen MR) is 85.3 cm³/mol. The van der Waals surface area contributed by atoms with Crippen molar-refractivity contribution in [1.29, 1.82) is 0 Å². The molecule has 0 amide bonds. The summed E-state index contributed by atoms with van der Waals surface area (Å²) in [4.78, 5) is 14.0. The molecule has 2 aliphatic heterocycles. The van der Waals surface area contributed by atoms with E-state index in [1.165, 1.54) is 12.8 Å². The van der Waals surface area contributed by atoms with Crippen LogP contribution in [0.5, 0.6) is 0 Å². The van der Waals surface area contributed by atoms with Crippen LogP contribution in [0.15, 0.2) is 0 Å². The van der Waals surface area contributed by atoms with Crippen molar-refractivity contribution >= 4 is 17.7 Å². The molecule has 0 N–H and O–H groups in total. The summed E-state index contributed by atoms with van der Waals surface area (Å²) in [5, 5.41) is 0. The van der Waals surface area contributed by atoms with Crippen LogP contribution < -0.4 is 0 Å². The number of hydrogen-bond donors (Lipinski definition) is 0. The maximum Gasteiger partial charge on any atom is 0.315 e. The summed E-state index contributed by atoms with van der Waals surface area (Å²) in [6.07, 6.45) is 11.4. The maximum absolute atomic E-state index is 11.8. The van der Waals surface area contributed by atoms with Gasteiger partial charge in [-0.05, 0) is 38.6 Å². The van der Waals surface area contributed by atoms with Gasteiger partial charge in [-0.3, -0.25) is 9.69 Å². The smallest absolute Gasteiger partial charge is 0.315 e. The van der Waals surface area contributed by atoms with Crippen molar-refractivity contribution in [1.82, 2.24) is 4.90 Å². The largest absolute Gasteiger partial charge is 0.463 e. The van der Waals surface area contributed by atoms with Crippen molar-refractivity contribution in [2.45, 2.75) is 44.2 Å². The molecule has 2 atom stereocenters. The van der Waals surface area contributed by atoms with Gasteiger partial charge in [-0.15, -0.1) is 18.2 Å². The lowest BCUT2D eigenvalue weighted by Gasteiger charge is -2.22. The van der Waals surface area contributed by atoms with E-state index < -0.39 is 0 Å². The number of hydrogen-bond acceptors (Lipinski definition) is 5. The van der Waals surface area contributed by atoms with E-state index >= 15 is 0 Å². The van der Waals surface area contributed by atoms with E-state index in [0.29, 0.717) is 31.1 Å². The summed E-state index contributed by atoms with van der Waals surface area (Å²) < 4.78 is 11.0. The molecule has 4 nitrogen and oxygen atoms in total. The van der Waals surface area contributed by atoms with Crippen LogP contribution in [0.1, 0.15) is 32.1 Å². The third-order valence-corrected chi connectivity index (χ3v) is 5.08. The Morgan fingerprint density at radius 3 is 3.05 bits per heavy atom. The zero-order valence-electron chi connectivity index (χ0n) is 12.6. The van der Waals surface area contributed by atoms with Crippen molar-refractivity contribution in [3.63, 3.8) is 0 Å². The van der Waals surface area contributed by atoms with E-state index in [1.807, 2.05) is 0 Å². The highest BCUT2D eigenvalue weighted by Gasteiger charge is 2.25. The molecular formula is C16H25NO3S. The van der Waals surface area contributed by atoms with Crippen LogP contribution in [0.4, 0.5) is 0 Å². The lowest BCUT2D eigenvalue weighted by molar-refractivity contribution is -0.141. The van der Waals surface area contributed by atoms with Crippen LogP contribution in [0, 0.1) is 12.3 Å². The summed E-state index contributed by atoms with van der Waals surface area (Å²) in [5.74, 6) is 3.85. The quantitative estimate of drug-likeness (QED) is 0.531. The minimum absolute atomic E-state index is 0.122. The van der Waals surface area contributed by atoms with Gasteiger partial charge in [0.15, 0.2) is 0 Å². The first-order valence-corrected chi connectivity index (χ1v) is 8.97. The number of esters is 1. The first-order chi connectivity index (χ1) is 10.3. The van der Waals surface area contributed by atoms with E-state index in [9.17, 15) is 4.79 Å². The Morgan fingerprint density at radius 2 is 2.29 bits per heavy atom. The van der Waals surface area contributed by atoms with Crippen LogP contribution in [0.3, 0.4) is 0 Å². The van der Waals surface area contributed by atoms with Gasteiger partial charge in [-0.2, -0.15) is 0 Å². The molecule has 0 aliphatic carbocycles. The van der Waals surface area contributed by atoms with Crippen molar-refractivity contribution in [2.24, 2.45) is 0 Å². The Hall–Kier alpha value is -0.700. The first-order valence-electron chi connectivity index (χ1n) is 7.82. The number of likely N-dealkylation sites (tertiary alicyclic amines) is 1. The second-order valence-corrected chi connectivity index (χ2v) is 6.69. The third kappa shape index (κ3) is 5.90. The average molecular weight is 311 g/mol. The Bertz CT molecular complexity index is 363. The molecule has 0 radical (unpaired) electrons. The van der Waals surface area contributed by atoms with Gasteiger partial charge in [0, 0.05) is 18.4 Å². The van der Waals surface area contributed by atoms with Crippen molar-refractivity contribution in [3.8, 4) is 12.3 Å². The molecule has 0 spiro atoms. The van der Waals surface area contributed by atoms with E-state index in [1.54, 1.807) is 11.8 Å². The molecule has 2 saturated heterocycles. The topological polar surface area (TPSA) is 38.8 Å². The monoisotopic (exact) mass is 311 g/mol. The second kappa shape index (κ2) is 9.34. The van der Waals surface area contributed by atoms with Gasteiger partial charge in [-0.25, -0.2) is 0 Å². The highest BCUT2D eigenvalue weighted by molar-refractivity contribution is 7.99. The molecule has 0 aromatic heterocycles. The molecule has 0 aromatic rings. The highest BCUT2D eigenvalue weighted by Crippen LogP contribution is 2.18. The first kappa shape index (κ1) is 16.7. The Labute approximate surface area is 131 Å². The summed E-state index contributed by atoms with van der Waals surface area (Å²) in [5.41, 5.74) is 0. The minimum Gasteiger partial charge on any atom is -0.463 e. The number of rotatable bonds is 7. The Balaban J connectivity index is 1.56. The fourth-order valence-corrected chi connectivity index (χ4v) is 3.75. The van der Waals surface area contributed by atoms with Crippen LogP contribution in [-0.2, 0) is 14.3 Å². The van der Waals surface area contributed by atoms with Gasteiger partial charge >= 0.3 is 5.97 Å². The lowest BCUT2D eigenvalue weighted by atomic mass is 10.1. The van der Waals surface area contributed by atoms with Gasteiger partial charge in [0.2, 0.25) is 0 Å². The molecule has 21 heavy (non-hydrogen) atoms. The second-order valence-electron chi connectivity index (χ2n) is 5.66. The molecule has 5 heteroatoms. The molecule has 0 unspecified atom stereocenters. The minimum atomic E-state index is -0.122. The zero-order valence-corrected chi connectivity index (χ0v) is 13.4. The van der Waals surface area contributed by atoms with Crippen LogP contribution >= 0.6 is 11.8 Å². The Morgan fingerprint density at radius 1 is 1.38 bits per heavy atom. The summed E-state index contributed by atoms with van der Waals surface area (Å²) in [7, 11) is 0. The number of nitrogens with zero attached hydrogens (tertiary/aromatic N) is 1. The van der Waals surface area contributed by atoms with Gasteiger partial charge in [0.05, 0.1) is 18.4 Å². The number of carbonyl (C=O) groups excluding carboxylic acids is 1. The fourth-order valence-electron chi connectivity index (χ4n) is 2.85. The van der Waals surface area contributed by atoms with E-state index in [4.69, 9.17) is 15.9 Å². The SMILES string of the molecule is C#CCN1CCC[C@H]1COC(=O)CSC[C@H]1CCCCO1. The van der Waals surface area contributed by atoms with Crippen molar-refractivity contribution < 1.29 is 14.3 Å². The summed E-state index contributed by atoms with van der Waals surface area (Å²) in [6.45, 7) is 3.00. The molecule has 2 heterocycles. The molecule has 0 aromatic carbocycles. The standard InChI is InChI=1S/C16H25NO3S/c1-2-8-17-9-5-6-14(17)11-20-16(18)13-21-12-15-7-3-4-10-19-15/h1,14-15H,3-13H2/t14-,15+/m0/s1. The van der Waals surface area contributed by atoms with Gasteiger partial charge < -0.3 is 9.47 Å². The number of thioether (sulfide) groups is 1. The van der Waals surface area contributed by atoms with Crippen molar-refractivity contribution in [2.75, 3.05) is 37.8 Å². The molecule has 0 bridgehead atoms. The van der Waals surface area contributed by atoms with Crippen LogP contribution in [0.25, 0.3) is 0 Å². The predicted octanol–water partition coefficient (Wildman–Crippen LogP) is 1.93. The van der Waals surface area contributed by atoms with Gasteiger partial charge in [0.25, 0.3) is 0 Å². The van der Waals surface area contributed by atoms with Crippen molar-refractivity contribution in [3.05, 3.63) is 0 Å². The molecule has 118 valence electrons. The number of ether oxygens (including phenoxy) is 2. The van der Waals surface area contributed by atoms with E-state index in [0.717, 1.165) is 38.2 Å². The Kier molecular flexibility index (Phi) is 7.42. The van der Waals surface area contributed by atoms with Gasteiger partial charge in [0.1, 0.15) is 6.61 Å². The number of terminal acetylenes is 1. The van der Waals surface area contributed by atoms with Crippen LogP contribution in [0.2, 0.25) is 0 Å². The molecule has 2 aliphatic rings.